The minimum absolute atomic E-state index is 0.0607. The second kappa shape index (κ2) is 5.84. The van der Waals surface area contributed by atoms with Crippen molar-refractivity contribution in [2.24, 2.45) is 17.6 Å². The van der Waals surface area contributed by atoms with Crippen molar-refractivity contribution in [3.05, 3.63) is 0 Å². The van der Waals surface area contributed by atoms with E-state index < -0.39 is 12.0 Å². The molecule has 0 saturated heterocycles. The van der Waals surface area contributed by atoms with Gasteiger partial charge in [0.2, 0.25) is 5.91 Å². The third-order valence-electron chi connectivity index (χ3n) is 3.29. The number of carbonyl (C=O) groups excluding carboxylic acids is 1. The van der Waals surface area contributed by atoms with Crippen LogP contribution in [-0.4, -0.2) is 29.6 Å². The summed E-state index contributed by atoms with van der Waals surface area (Å²) in [7, 11) is 0. The normalized spacial score (nSPS) is 26.4. The standard InChI is InChI=1S/C11H20N2O3/c1-2-9(12)10(14)13-6-7-4-3-5-8(7)11(15)16/h7-9H,2-6,12H2,1H3,(H,13,14)(H,15,16). The van der Waals surface area contributed by atoms with Crippen LogP contribution in [0.1, 0.15) is 32.6 Å². The summed E-state index contributed by atoms with van der Waals surface area (Å²) in [5, 5.41) is 11.7. The van der Waals surface area contributed by atoms with Crippen molar-refractivity contribution in [2.75, 3.05) is 6.54 Å². The van der Waals surface area contributed by atoms with Gasteiger partial charge in [-0.05, 0) is 25.2 Å². The Morgan fingerprint density at radius 2 is 2.19 bits per heavy atom. The Morgan fingerprint density at radius 3 is 2.75 bits per heavy atom. The van der Waals surface area contributed by atoms with E-state index in [0.29, 0.717) is 13.0 Å². The number of hydrogen-bond acceptors (Lipinski definition) is 3. The maximum atomic E-state index is 11.4. The molecule has 1 fully saturated rings. The topological polar surface area (TPSA) is 92.4 Å². The maximum absolute atomic E-state index is 11.4. The average Bonchev–Trinajstić information content (AvgIpc) is 2.72. The fourth-order valence-electron chi connectivity index (χ4n) is 2.15. The highest BCUT2D eigenvalue weighted by Crippen LogP contribution is 2.31. The molecule has 0 aromatic heterocycles. The van der Waals surface area contributed by atoms with Gasteiger partial charge in [-0.1, -0.05) is 13.3 Å². The molecule has 0 bridgehead atoms. The SMILES string of the molecule is CCC(N)C(=O)NCC1CCCC1C(=O)O. The molecule has 4 N–H and O–H groups in total. The number of nitrogens with two attached hydrogens (primary N) is 1. The van der Waals surface area contributed by atoms with E-state index in [1.165, 1.54) is 0 Å². The Morgan fingerprint density at radius 1 is 1.50 bits per heavy atom. The molecule has 5 heteroatoms. The van der Waals surface area contributed by atoms with E-state index in [0.717, 1.165) is 19.3 Å². The Kier molecular flexibility index (Phi) is 4.73. The van der Waals surface area contributed by atoms with Crippen molar-refractivity contribution in [3.8, 4) is 0 Å². The maximum Gasteiger partial charge on any atom is 0.306 e. The van der Waals surface area contributed by atoms with E-state index in [4.69, 9.17) is 10.8 Å². The molecule has 1 aliphatic carbocycles. The molecular formula is C11H20N2O3. The van der Waals surface area contributed by atoms with Crippen LogP contribution in [0.25, 0.3) is 0 Å². The number of amides is 1. The van der Waals surface area contributed by atoms with Crippen LogP contribution in [0.15, 0.2) is 0 Å². The van der Waals surface area contributed by atoms with Gasteiger partial charge in [0.05, 0.1) is 12.0 Å². The number of carboxylic acid groups (broad SMARTS) is 1. The summed E-state index contributed by atoms with van der Waals surface area (Å²) in [5.74, 6) is -1.18. The number of rotatable bonds is 5. The summed E-state index contributed by atoms with van der Waals surface area (Å²) in [6.45, 7) is 2.28. The molecule has 1 aliphatic rings. The lowest BCUT2D eigenvalue weighted by atomic mass is 9.96. The zero-order chi connectivity index (χ0) is 12.1. The second-order valence-electron chi connectivity index (χ2n) is 4.40. The Hall–Kier alpha value is -1.10. The van der Waals surface area contributed by atoms with E-state index in [1.54, 1.807) is 0 Å². The van der Waals surface area contributed by atoms with Gasteiger partial charge < -0.3 is 16.2 Å². The van der Waals surface area contributed by atoms with Crippen molar-refractivity contribution in [1.29, 1.82) is 0 Å². The zero-order valence-corrected chi connectivity index (χ0v) is 9.61. The lowest BCUT2D eigenvalue weighted by molar-refractivity contribution is -0.143. The Labute approximate surface area is 95.4 Å². The summed E-state index contributed by atoms with van der Waals surface area (Å²) in [6.07, 6.45) is 3.12. The van der Waals surface area contributed by atoms with Crippen LogP contribution in [0, 0.1) is 11.8 Å². The fourth-order valence-corrected chi connectivity index (χ4v) is 2.15. The summed E-state index contributed by atoms with van der Waals surface area (Å²) < 4.78 is 0. The summed E-state index contributed by atoms with van der Waals surface area (Å²) in [6, 6.07) is -0.482. The van der Waals surface area contributed by atoms with E-state index in [2.05, 4.69) is 5.32 Å². The molecule has 0 aliphatic heterocycles. The van der Waals surface area contributed by atoms with Gasteiger partial charge in [0.1, 0.15) is 0 Å². The van der Waals surface area contributed by atoms with Crippen LogP contribution in [0.2, 0.25) is 0 Å². The zero-order valence-electron chi connectivity index (χ0n) is 9.61. The van der Waals surface area contributed by atoms with Crippen molar-refractivity contribution >= 4 is 11.9 Å². The van der Waals surface area contributed by atoms with Crippen LogP contribution in [0.4, 0.5) is 0 Å². The van der Waals surface area contributed by atoms with Crippen molar-refractivity contribution < 1.29 is 14.7 Å². The van der Waals surface area contributed by atoms with Crippen LogP contribution >= 0.6 is 0 Å². The third-order valence-corrected chi connectivity index (χ3v) is 3.29. The average molecular weight is 228 g/mol. The number of carboxylic acids is 1. The molecule has 1 saturated carbocycles. The molecular weight excluding hydrogens is 208 g/mol. The molecule has 1 rings (SSSR count). The molecule has 16 heavy (non-hydrogen) atoms. The number of nitrogens with one attached hydrogen (secondary N) is 1. The molecule has 3 atom stereocenters. The molecule has 0 spiro atoms. The first-order valence-corrected chi connectivity index (χ1v) is 5.82. The first-order chi connectivity index (χ1) is 7.56. The fraction of sp³-hybridized carbons (Fsp3) is 0.818. The molecule has 0 heterocycles. The summed E-state index contributed by atoms with van der Waals surface area (Å²) >= 11 is 0. The Balaban J connectivity index is 2.37. The Bertz CT molecular complexity index is 268. The highest BCUT2D eigenvalue weighted by molar-refractivity contribution is 5.81. The van der Waals surface area contributed by atoms with Crippen molar-refractivity contribution in [2.45, 2.75) is 38.6 Å². The number of carbonyl (C=O) groups is 2. The predicted molar refractivity (Wildman–Crippen MR) is 59.7 cm³/mol. The number of hydrogen-bond donors (Lipinski definition) is 3. The van der Waals surface area contributed by atoms with Crippen LogP contribution in [-0.2, 0) is 9.59 Å². The molecule has 1 amide bonds. The smallest absolute Gasteiger partial charge is 0.306 e. The highest BCUT2D eigenvalue weighted by Gasteiger charge is 2.32. The summed E-state index contributed by atoms with van der Waals surface area (Å²) in [4.78, 5) is 22.3. The van der Waals surface area contributed by atoms with Gasteiger partial charge in [-0.3, -0.25) is 9.59 Å². The van der Waals surface area contributed by atoms with E-state index in [-0.39, 0.29) is 17.7 Å². The second-order valence-corrected chi connectivity index (χ2v) is 4.40. The monoisotopic (exact) mass is 228 g/mol. The van der Waals surface area contributed by atoms with E-state index in [9.17, 15) is 9.59 Å². The van der Waals surface area contributed by atoms with Gasteiger partial charge >= 0.3 is 5.97 Å². The first kappa shape index (κ1) is 13.0. The van der Waals surface area contributed by atoms with Gasteiger partial charge in [0.15, 0.2) is 0 Å². The number of aliphatic carboxylic acids is 1. The third kappa shape index (κ3) is 3.20. The van der Waals surface area contributed by atoms with Crippen LogP contribution in [0.3, 0.4) is 0 Å². The molecule has 92 valence electrons. The van der Waals surface area contributed by atoms with Gasteiger partial charge in [-0.15, -0.1) is 0 Å². The lowest BCUT2D eigenvalue weighted by Crippen LogP contribution is -2.42. The van der Waals surface area contributed by atoms with Gasteiger partial charge in [0.25, 0.3) is 0 Å². The summed E-state index contributed by atoms with van der Waals surface area (Å²) in [5.41, 5.74) is 5.57. The minimum Gasteiger partial charge on any atom is -0.481 e. The van der Waals surface area contributed by atoms with Crippen molar-refractivity contribution in [1.82, 2.24) is 5.32 Å². The highest BCUT2D eigenvalue weighted by atomic mass is 16.4. The predicted octanol–water partition coefficient (Wildman–Crippen LogP) is 0.341. The quantitative estimate of drug-likeness (QED) is 0.632. The van der Waals surface area contributed by atoms with E-state index in [1.807, 2.05) is 6.92 Å². The van der Waals surface area contributed by atoms with E-state index >= 15 is 0 Å². The van der Waals surface area contributed by atoms with Crippen LogP contribution in [0.5, 0.6) is 0 Å². The lowest BCUT2D eigenvalue weighted by Gasteiger charge is -2.17. The minimum atomic E-state index is -0.753. The molecule has 0 aromatic rings. The molecule has 0 aromatic carbocycles. The van der Waals surface area contributed by atoms with Gasteiger partial charge in [-0.2, -0.15) is 0 Å². The van der Waals surface area contributed by atoms with Crippen LogP contribution < -0.4 is 11.1 Å². The molecule has 5 nitrogen and oxygen atoms in total. The largest absolute Gasteiger partial charge is 0.481 e. The molecule has 3 unspecified atom stereocenters. The van der Waals surface area contributed by atoms with Crippen molar-refractivity contribution in [3.63, 3.8) is 0 Å². The first-order valence-electron chi connectivity index (χ1n) is 5.82. The van der Waals surface area contributed by atoms with Gasteiger partial charge in [-0.25, -0.2) is 0 Å². The molecule has 0 radical (unpaired) electrons. The van der Waals surface area contributed by atoms with Gasteiger partial charge in [0, 0.05) is 6.54 Å².